The number of rotatable bonds is 5. The molecule has 0 radical (unpaired) electrons. The van der Waals surface area contributed by atoms with Gasteiger partial charge in [0.25, 0.3) is 5.91 Å². The predicted molar refractivity (Wildman–Crippen MR) is 76.0 cm³/mol. The molecule has 2 aromatic heterocycles. The van der Waals surface area contributed by atoms with E-state index in [0.717, 1.165) is 18.5 Å². The van der Waals surface area contributed by atoms with E-state index in [1.807, 2.05) is 6.92 Å². The molecule has 2 heterocycles. The fourth-order valence-electron chi connectivity index (χ4n) is 1.73. The molecule has 0 aliphatic rings. The van der Waals surface area contributed by atoms with Crippen LogP contribution in [0, 0.1) is 0 Å². The molecular formula is C13H16N6O. The quantitative estimate of drug-likeness (QED) is 0.560. The normalized spacial score (nSPS) is 10.1. The van der Waals surface area contributed by atoms with Gasteiger partial charge in [-0.05, 0) is 18.6 Å². The van der Waals surface area contributed by atoms with Crippen LogP contribution in [-0.4, -0.2) is 20.9 Å². The number of hydrazine groups is 1. The molecule has 0 saturated carbocycles. The van der Waals surface area contributed by atoms with Gasteiger partial charge >= 0.3 is 0 Å². The van der Waals surface area contributed by atoms with Crippen LogP contribution in [0.3, 0.4) is 0 Å². The van der Waals surface area contributed by atoms with Crippen molar-refractivity contribution < 1.29 is 4.79 Å². The molecule has 0 aromatic carbocycles. The summed E-state index contributed by atoms with van der Waals surface area (Å²) in [6.45, 7) is 2.05. The zero-order valence-corrected chi connectivity index (χ0v) is 11.1. The van der Waals surface area contributed by atoms with Crippen molar-refractivity contribution in [2.75, 3.05) is 10.7 Å². The smallest absolute Gasteiger partial charge is 0.257 e. The van der Waals surface area contributed by atoms with Crippen LogP contribution in [0.2, 0.25) is 0 Å². The minimum atomic E-state index is -0.276. The second-order valence-corrected chi connectivity index (χ2v) is 4.17. The third kappa shape index (κ3) is 3.48. The molecule has 2 aromatic rings. The summed E-state index contributed by atoms with van der Waals surface area (Å²) >= 11 is 0. The summed E-state index contributed by atoms with van der Waals surface area (Å²) in [5, 5.41) is 2.67. The molecule has 4 N–H and O–H groups in total. The van der Waals surface area contributed by atoms with E-state index < -0.39 is 0 Å². The molecule has 0 bridgehead atoms. The van der Waals surface area contributed by atoms with Crippen molar-refractivity contribution in [3.8, 4) is 0 Å². The first-order valence-corrected chi connectivity index (χ1v) is 6.28. The molecule has 0 unspecified atom stereocenters. The lowest BCUT2D eigenvalue weighted by molar-refractivity contribution is 0.102. The maximum Gasteiger partial charge on any atom is 0.257 e. The van der Waals surface area contributed by atoms with E-state index in [2.05, 4.69) is 25.7 Å². The Labute approximate surface area is 116 Å². The summed E-state index contributed by atoms with van der Waals surface area (Å²) in [7, 11) is 0. The molecule has 0 aliphatic carbocycles. The number of amides is 1. The van der Waals surface area contributed by atoms with Gasteiger partial charge in [0.15, 0.2) is 5.82 Å². The number of nitrogens with zero attached hydrogens (tertiary/aromatic N) is 3. The average molecular weight is 272 g/mol. The standard InChI is InChI=1S/C13H16N6O/c1-2-3-10-6-9(7-11(17-10)19-14)13(20)18-12-8-15-4-5-16-12/h4-8H,2-3,14H2,1H3,(H,17,19)(H,16,18,20). The second-order valence-electron chi connectivity index (χ2n) is 4.17. The van der Waals surface area contributed by atoms with Crippen molar-refractivity contribution in [3.63, 3.8) is 0 Å². The molecule has 0 aliphatic heterocycles. The number of anilines is 2. The molecule has 7 heteroatoms. The van der Waals surface area contributed by atoms with Crippen LogP contribution in [0.15, 0.2) is 30.7 Å². The Hall–Kier alpha value is -2.54. The largest absolute Gasteiger partial charge is 0.308 e. The highest BCUT2D eigenvalue weighted by Crippen LogP contribution is 2.13. The molecule has 20 heavy (non-hydrogen) atoms. The molecule has 0 atom stereocenters. The van der Waals surface area contributed by atoms with E-state index in [0.29, 0.717) is 17.2 Å². The fourth-order valence-corrected chi connectivity index (χ4v) is 1.73. The van der Waals surface area contributed by atoms with Crippen molar-refractivity contribution in [3.05, 3.63) is 42.0 Å². The average Bonchev–Trinajstić information content (AvgIpc) is 2.48. The molecular weight excluding hydrogens is 256 g/mol. The van der Waals surface area contributed by atoms with Crippen molar-refractivity contribution in [1.29, 1.82) is 0 Å². The van der Waals surface area contributed by atoms with Crippen LogP contribution >= 0.6 is 0 Å². The number of carbonyl (C=O) groups is 1. The topological polar surface area (TPSA) is 106 Å². The summed E-state index contributed by atoms with van der Waals surface area (Å²) in [6.07, 6.45) is 6.25. The van der Waals surface area contributed by atoms with E-state index >= 15 is 0 Å². The van der Waals surface area contributed by atoms with Gasteiger partial charge in [-0.25, -0.2) is 15.8 Å². The van der Waals surface area contributed by atoms with Gasteiger partial charge in [-0.15, -0.1) is 0 Å². The highest BCUT2D eigenvalue weighted by molar-refractivity contribution is 6.04. The van der Waals surface area contributed by atoms with Crippen LogP contribution in [0.4, 0.5) is 11.6 Å². The van der Waals surface area contributed by atoms with Crippen LogP contribution in [0.5, 0.6) is 0 Å². The SMILES string of the molecule is CCCc1cc(C(=O)Nc2cnccn2)cc(NN)n1. The first-order chi connectivity index (χ1) is 9.72. The third-order valence-electron chi connectivity index (χ3n) is 2.60. The van der Waals surface area contributed by atoms with Gasteiger partial charge in [-0.1, -0.05) is 13.3 Å². The van der Waals surface area contributed by atoms with Gasteiger partial charge in [0.05, 0.1) is 6.20 Å². The van der Waals surface area contributed by atoms with Crippen molar-refractivity contribution in [2.24, 2.45) is 5.84 Å². The maximum absolute atomic E-state index is 12.2. The van der Waals surface area contributed by atoms with E-state index in [-0.39, 0.29) is 5.91 Å². The molecule has 1 amide bonds. The maximum atomic E-state index is 12.2. The molecule has 0 fully saturated rings. The Kier molecular flexibility index (Phi) is 4.56. The van der Waals surface area contributed by atoms with Crippen molar-refractivity contribution >= 4 is 17.5 Å². The lowest BCUT2D eigenvalue weighted by Gasteiger charge is -2.08. The van der Waals surface area contributed by atoms with Gasteiger partial charge in [-0.3, -0.25) is 9.78 Å². The van der Waals surface area contributed by atoms with E-state index in [9.17, 15) is 4.79 Å². The van der Waals surface area contributed by atoms with Gasteiger partial charge in [0.2, 0.25) is 0 Å². The second kappa shape index (κ2) is 6.58. The predicted octanol–water partition coefficient (Wildman–Crippen LogP) is 1.36. The Morgan fingerprint density at radius 2 is 2.15 bits per heavy atom. The van der Waals surface area contributed by atoms with E-state index in [4.69, 9.17) is 5.84 Å². The summed E-state index contributed by atoms with van der Waals surface area (Å²) < 4.78 is 0. The minimum absolute atomic E-state index is 0.276. The zero-order valence-electron chi connectivity index (χ0n) is 11.1. The number of nitrogen functional groups attached to an aromatic ring is 1. The highest BCUT2D eigenvalue weighted by Gasteiger charge is 2.10. The summed E-state index contributed by atoms with van der Waals surface area (Å²) in [6, 6.07) is 3.33. The van der Waals surface area contributed by atoms with Gasteiger partial charge in [0.1, 0.15) is 5.82 Å². The van der Waals surface area contributed by atoms with E-state index in [1.54, 1.807) is 12.1 Å². The Bertz CT molecular complexity index is 587. The number of hydrogen-bond donors (Lipinski definition) is 3. The van der Waals surface area contributed by atoms with Crippen LogP contribution < -0.4 is 16.6 Å². The number of hydrogen-bond acceptors (Lipinski definition) is 6. The minimum Gasteiger partial charge on any atom is -0.308 e. The summed E-state index contributed by atoms with van der Waals surface area (Å²) in [4.78, 5) is 24.3. The van der Waals surface area contributed by atoms with Crippen molar-refractivity contribution in [2.45, 2.75) is 19.8 Å². The lowest BCUT2D eigenvalue weighted by atomic mass is 10.1. The van der Waals surface area contributed by atoms with Gasteiger partial charge in [-0.2, -0.15) is 0 Å². The van der Waals surface area contributed by atoms with E-state index in [1.165, 1.54) is 18.6 Å². The fraction of sp³-hybridized carbons (Fsp3) is 0.231. The monoisotopic (exact) mass is 272 g/mol. The number of aryl methyl sites for hydroxylation is 1. The summed E-state index contributed by atoms with van der Waals surface area (Å²) in [5.74, 6) is 5.95. The first-order valence-electron chi connectivity index (χ1n) is 6.28. The first kappa shape index (κ1) is 13.9. The number of pyridine rings is 1. The lowest BCUT2D eigenvalue weighted by Crippen LogP contribution is -2.16. The Morgan fingerprint density at radius 3 is 2.80 bits per heavy atom. The summed E-state index contributed by atoms with van der Waals surface area (Å²) in [5.41, 5.74) is 3.75. The van der Waals surface area contributed by atoms with Crippen LogP contribution in [0.25, 0.3) is 0 Å². The molecule has 2 rings (SSSR count). The zero-order chi connectivity index (χ0) is 14.4. The Balaban J connectivity index is 2.22. The highest BCUT2D eigenvalue weighted by atomic mass is 16.1. The molecule has 104 valence electrons. The number of nitrogens with one attached hydrogen (secondary N) is 2. The molecule has 7 nitrogen and oxygen atoms in total. The van der Waals surface area contributed by atoms with Gasteiger partial charge in [0, 0.05) is 23.7 Å². The number of carbonyl (C=O) groups excluding carboxylic acids is 1. The van der Waals surface area contributed by atoms with Gasteiger partial charge < -0.3 is 10.7 Å². The number of nitrogens with two attached hydrogens (primary N) is 1. The van der Waals surface area contributed by atoms with Crippen molar-refractivity contribution in [1.82, 2.24) is 15.0 Å². The number of aromatic nitrogens is 3. The third-order valence-corrected chi connectivity index (χ3v) is 2.60. The molecule has 0 spiro atoms. The van der Waals surface area contributed by atoms with Crippen LogP contribution in [-0.2, 0) is 6.42 Å². The Morgan fingerprint density at radius 1 is 1.30 bits per heavy atom. The molecule has 0 saturated heterocycles. The van der Waals surface area contributed by atoms with Crippen LogP contribution in [0.1, 0.15) is 29.4 Å².